The lowest BCUT2D eigenvalue weighted by Gasteiger charge is -2.35. The molecule has 0 fully saturated rings. The average Bonchev–Trinajstić information content (AvgIpc) is 3.02. The lowest BCUT2D eigenvalue weighted by atomic mass is 9.81. The van der Waals surface area contributed by atoms with Crippen LogP contribution in [0.5, 0.6) is 0 Å². The summed E-state index contributed by atoms with van der Waals surface area (Å²) in [4.78, 5) is 40.4. The first-order valence-corrected chi connectivity index (χ1v) is 8.61. The van der Waals surface area contributed by atoms with Gasteiger partial charge in [-0.05, 0) is 18.1 Å². The predicted octanol–water partition coefficient (Wildman–Crippen LogP) is 2.16. The molecule has 0 radical (unpaired) electrons. The highest BCUT2D eigenvalue weighted by Gasteiger charge is 2.44. The maximum atomic E-state index is 13.1. The highest BCUT2D eigenvalue weighted by molar-refractivity contribution is 5.88. The van der Waals surface area contributed by atoms with Gasteiger partial charge in [-0.1, -0.05) is 12.2 Å². The first-order chi connectivity index (χ1) is 13.1. The van der Waals surface area contributed by atoms with Gasteiger partial charge in [0.1, 0.15) is 6.29 Å². The molecule has 0 saturated carbocycles. The second-order valence-electron chi connectivity index (χ2n) is 6.95. The zero-order chi connectivity index (χ0) is 20.5. The Bertz CT molecular complexity index is 840. The predicted molar refractivity (Wildman–Crippen MR) is 90.2 cm³/mol. The highest BCUT2D eigenvalue weighted by atomic mass is 19.4. The maximum Gasteiger partial charge on any atom is 0.417 e. The largest absolute Gasteiger partial charge is 0.465 e. The zero-order valence-electron chi connectivity index (χ0n) is 14.7. The summed E-state index contributed by atoms with van der Waals surface area (Å²) in [6, 6.07) is 0.380. The number of rotatable bonds is 4. The number of nitrogens with zero attached hydrogens (tertiary/aromatic N) is 2. The fraction of sp³-hybridized carbons (Fsp3) is 0.444. The van der Waals surface area contributed by atoms with Crippen molar-refractivity contribution in [2.24, 2.45) is 5.41 Å². The number of hydrogen-bond acceptors (Lipinski definition) is 4. The number of aldehydes is 1. The normalized spacial score (nSPS) is 24.0. The molecule has 2 heterocycles. The molecule has 0 spiro atoms. The summed E-state index contributed by atoms with van der Waals surface area (Å²) in [7, 11) is 0. The van der Waals surface area contributed by atoms with Crippen molar-refractivity contribution in [3.05, 3.63) is 41.2 Å². The van der Waals surface area contributed by atoms with Crippen LogP contribution in [-0.2, 0) is 28.7 Å². The van der Waals surface area contributed by atoms with E-state index in [1.165, 1.54) is 17.1 Å². The molecular weight excluding hydrogens is 379 g/mol. The van der Waals surface area contributed by atoms with Gasteiger partial charge in [-0.15, -0.1) is 0 Å². The second kappa shape index (κ2) is 7.25. The fourth-order valence-electron chi connectivity index (χ4n) is 3.70. The van der Waals surface area contributed by atoms with Gasteiger partial charge in [-0.25, -0.2) is 4.79 Å². The number of carbonyl (C=O) groups excluding carboxylic acids is 2. The minimum atomic E-state index is -4.53. The van der Waals surface area contributed by atoms with Crippen LogP contribution in [0, 0.1) is 5.41 Å². The molecule has 2 amide bonds. The summed E-state index contributed by atoms with van der Waals surface area (Å²) in [5.74, 6) is -0.409. The standard InChI is InChI=1S/C18H18F3N3O4/c19-18(20,21)12-7-11-10-24(5-2-14(11)22-9-12)15(26)17(4-6-25)3-1-13(8-17)23-16(27)28/h1,3,6-7,9,13,23H,2,4-5,8,10H2,(H,27,28)/t13-,17-/m1/s1. The van der Waals surface area contributed by atoms with Gasteiger partial charge in [-0.3, -0.25) is 9.78 Å². The third kappa shape index (κ3) is 3.85. The third-order valence-corrected chi connectivity index (χ3v) is 5.07. The van der Waals surface area contributed by atoms with Gasteiger partial charge in [0, 0.05) is 37.8 Å². The van der Waals surface area contributed by atoms with Gasteiger partial charge < -0.3 is 20.1 Å². The molecule has 10 heteroatoms. The summed E-state index contributed by atoms with van der Waals surface area (Å²) in [5.41, 5.74) is -1.26. The van der Waals surface area contributed by atoms with E-state index in [2.05, 4.69) is 10.3 Å². The molecule has 7 nitrogen and oxygen atoms in total. The van der Waals surface area contributed by atoms with Gasteiger partial charge in [0.2, 0.25) is 5.91 Å². The monoisotopic (exact) mass is 397 g/mol. The van der Waals surface area contributed by atoms with Crippen LogP contribution in [0.4, 0.5) is 18.0 Å². The van der Waals surface area contributed by atoms with Crippen LogP contribution in [0.25, 0.3) is 0 Å². The van der Waals surface area contributed by atoms with Crippen molar-refractivity contribution < 1.29 is 32.7 Å². The van der Waals surface area contributed by atoms with E-state index in [1.807, 2.05) is 0 Å². The molecule has 1 aliphatic heterocycles. The van der Waals surface area contributed by atoms with Crippen LogP contribution in [-0.4, -0.2) is 45.9 Å². The first-order valence-electron chi connectivity index (χ1n) is 8.61. The maximum absolute atomic E-state index is 13.1. The average molecular weight is 397 g/mol. The molecule has 2 aliphatic rings. The van der Waals surface area contributed by atoms with Gasteiger partial charge in [0.15, 0.2) is 0 Å². The molecule has 2 N–H and O–H groups in total. The quantitative estimate of drug-likeness (QED) is 0.599. The Balaban J connectivity index is 1.82. The number of amides is 2. The number of halogens is 3. The number of hydrogen-bond donors (Lipinski definition) is 2. The SMILES string of the molecule is O=CC[C@]1(C(=O)N2CCc3ncc(C(F)(F)F)cc3C2)C=C[C@@H](NC(=O)O)C1. The third-order valence-electron chi connectivity index (χ3n) is 5.07. The van der Waals surface area contributed by atoms with Crippen molar-refractivity contribution in [3.8, 4) is 0 Å². The molecule has 0 unspecified atom stereocenters. The molecule has 0 bridgehead atoms. The molecule has 1 aromatic heterocycles. The molecule has 28 heavy (non-hydrogen) atoms. The van der Waals surface area contributed by atoms with Crippen LogP contribution in [0.2, 0.25) is 0 Å². The first kappa shape index (κ1) is 19.8. The molecule has 0 saturated heterocycles. The van der Waals surface area contributed by atoms with E-state index in [9.17, 15) is 27.6 Å². The van der Waals surface area contributed by atoms with Crippen LogP contribution in [0.15, 0.2) is 24.4 Å². The zero-order valence-corrected chi connectivity index (χ0v) is 14.7. The molecule has 1 aromatic rings. The summed E-state index contributed by atoms with van der Waals surface area (Å²) in [5, 5.41) is 11.1. The minimum absolute atomic E-state index is 0.0451. The number of carbonyl (C=O) groups is 3. The number of aromatic nitrogens is 1. The van der Waals surface area contributed by atoms with Gasteiger partial charge in [0.05, 0.1) is 17.0 Å². The van der Waals surface area contributed by atoms with E-state index in [-0.39, 0.29) is 25.9 Å². The van der Waals surface area contributed by atoms with E-state index in [0.29, 0.717) is 24.0 Å². The van der Waals surface area contributed by atoms with Crippen molar-refractivity contribution in [2.75, 3.05) is 6.54 Å². The highest BCUT2D eigenvalue weighted by Crippen LogP contribution is 2.38. The fourth-order valence-corrected chi connectivity index (χ4v) is 3.70. The number of nitrogens with one attached hydrogen (secondary N) is 1. The number of fused-ring (bicyclic) bond motifs is 1. The molecular formula is C18H18F3N3O4. The van der Waals surface area contributed by atoms with Crippen LogP contribution >= 0.6 is 0 Å². The summed E-state index contributed by atoms with van der Waals surface area (Å²) >= 11 is 0. The smallest absolute Gasteiger partial charge is 0.417 e. The lowest BCUT2D eigenvalue weighted by molar-refractivity contribution is -0.142. The van der Waals surface area contributed by atoms with E-state index in [0.717, 1.165) is 12.3 Å². The van der Waals surface area contributed by atoms with Crippen molar-refractivity contribution in [1.82, 2.24) is 15.2 Å². The molecule has 3 rings (SSSR count). The Morgan fingerprint density at radius 2 is 2.18 bits per heavy atom. The Morgan fingerprint density at radius 3 is 2.82 bits per heavy atom. The Hall–Kier alpha value is -2.91. The van der Waals surface area contributed by atoms with Crippen LogP contribution in [0.3, 0.4) is 0 Å². The van der Waals surface area contributed by atoms with Gasteiger partial charge in [-0.2, -0.15) is 13.2 Å². The molecule has 0 aromatic carbocycles. The van der Waals surface area contributed by atoms with Crippen molar-refractivity contribution >= 4 is 18.3 Å². The van der Waals surface area contributed by atoms with E-state index in [4.69, 9.17) is 5.11 Å². The molecule has 150 valence electrons. The summed E-state index contributed by atoms with van der Waals surface area (Å²) in [6.45, 7) is 0.215. The van der Waals surface area contributed by atoms with Crippen molar-refractivity contribution in [1.29, 1.82) is 0 Å². The Labute approximate surface area is 158 Å². The number of alkyl halides is 3. The number of carboxylic acid groups (broad SMARTS) is 1. The lowest BCUT2D eigenvalue weighted by Crippen LogP contribution is -2.46. The topological polar surface area (TPSA) is 99.6 Å². The van der Waals surface area contributed by atoms with E-state index < -0.39 is 35.2 Å². The Kier molecular flexibility index (Phi) is 5.14. The minimum Gasteiger partial charge on any atom is -0.465 e. The van der Waals surface area contributed by atoms with Crippen molar-refractivity contribution in [2.45, 2.75) is 38.0 Å². The Morgan fingerprint density at radius 1 is 1.43 bits per heavy atom. The van der Waals surface area contributed by atoms with Crippen molar-refractivity contribution in [3.63, 3.8) is 0 Å². The van der Waals surface area contributed by atoms with Gasteiger partial charge >= 0.3 is 12.3 Å². The second-order valence-corrected chi connectivity index (χ2v) is 6.95. The van der Waals surface area contributed by atoms with E-state index >= 15 is 0 Å². The van der Waals surface area contributed by atoms with Crippen LogP contribution < -0.4 is 5.32 Å². The van der Waals surface area contributed by atoms with Gasteiger partial charge in [0.25, 0.3) is 0 Å². The van der Waals surface area contributed by atoms with E-state index in [1.54, 1.807) is 0 Å². The molecule has 1 aliphatic carbocycles. The summed E-state index contributed by atoms with van der Waals surface area (Å²) < 4.78 is 38.8. The molecule has 2 atom stereocenters. The summed E-state index contributed by atoms with van der Waals surface area (Å²) in [6.07, 6.45) is -1.11. The number of pyridine rings is 1. The van der Waals surface area contributed by atoms with Crippen LogP contribution in [0.1, 0.15) is 29.7 Å².